The van der Waals surface area contributed by atoms with E-state index in [0.717, 1.165) is 24.4 Å². The van der Waals surface area contributed by atoms with E-state index in [0.29, 0.717) is 25.5 Å². The maximum Gasteiger partial charge on any atom is 0.144 e. The molecule has 0 heterocycles. The highest BCUT2D eigenvalue weighted by Gasteiger charge is 2.16. The van der Waals surface area contributed by atoms with Crippen molar-refractivity contribution in [2.75, 3.05) is 51.2 Å². The van der Waals surface area contributed by atoms with E-state index in [1.165, 1.54) is 0 Å². The Morgan fingerprint density at radius 2 is 1.95 bits per heavy atom. The zero-order chi connectivity index (χ0) is 15.7. The van der Waals surface area contributed by atoms with Crippen molar-refractivity contribution in [3.8, 4) is 5.75 Å². The van der Waals surface area contributed by atoms with Gasteiger partial charge in [0.1, 0.15) is 5.75 Å². The molecule has 1 atom stereocenters. The Morgan fingerprint density at radius 1 is 1.19 bits per heavy atom. The molecule has 0 aliphatic rings. The molecule has 0 fully saturated rings. The molecule has 0 aromatic heterocycles. The molecule has 0 aliphatic carbocycles. The standard InChI is InChI=1S/C16H28N2O3/c1-5-9-21-16-11-14(6-7-15(16)17)18(8-10-19-3)13(2)12-20-4/h6-7,11,13H,5,8-10,12,17H2,1-4H3. The van der Waals surface area contributed by atoms with Crippen LogP contribution in [0.15, 0.2) is 18.2 Å². The first-order valence-electron chi connectivity index (χ1n) is 7.40. The number of nitrogens with zero attached hydrogens (tertiary/aromatic N) is 1. The summed E-state index contributed by atoms with van der Waals surface area (Å²) >= 11 is 0. The van der Waals surface area contributed by atoms with Crippen molar-refractivity contribution in [2.24, 2.45) is 0 Å². The second-order valence-corrected chi connectivity index (χ2v) is 5.06. The van der Waals surface area contributed by atoms with Crippen LogP contribution in [0.1, 0.15) is 20.3 Å². The molecule has 1 rings (SSSR count). The smallest absolute Gasteiger partial charge is 0.144 e. The minimum atomic E-state index is 0.243. The first-order valence-corrected chi connectivity index (χ1v) is 7.40. The fraction of sp³-hybridized carbons (Fsp3) is 0.625. The fourth-order valence-corrected chi connectivity index (χ4v) is 2.16. The summed E-state index contributed by atoms with van der Waals surface area (Å²) in [6.45, 7) is 6.97. The quantitative estimate of drug-likeness (QED) is 0.672. The summed E-state index contributed by atoms with van der Waals surface area (Å²) < 4.78 is 16.2. The lowest BCUT2D eigenvalue weighted by Gasteiger charge is -2.31. The number of benzene rings is 1. The molecule has 1 aromatic rings. The lowest BCUT2D eigenvalue weighted by atomic mass is 10.2. The van der Waals surface area contributed by atoms with Gasteiger partial charge >= 0.3 is 0 Å². The molecule has 120 valence electrons. The molecule has 0 bridgehead atoms. The number of nitrogen functional groups attached to an aromatic ring is 1. The van der Waals surface area contributed by atoms with Crippen LogP contribution in [0.25, 0.3) is 0 Å². The van der Waals surface area contributed by atoms with Gasteiger partial charge in [-0.2, -0.15) is 0 Å². The van der Waals surface area contributed by atoms with E-state index in [2.05, 4.69) is 18.7 Å². The van der Waals surface area contributed by atoms with Crippen LogP contribution < -0.4 is 15.4 Å². The van der Waals surface area contributed by atoms with E-state index in [1.807, 2.05) is 18.2 Å². The van der Waals surface area contributed by atoms with Gasteiger partial charge in [-0.25, -0.2) is 0 Å². The molecule has 5 nitrogen and oxygen atoms in total. The van der Waals surface area contributed by atoms with E-state index >= 15 is 0 Å². The summed E-state index contributed by atoms with van der Waals surface area (Å²) in [6, 6.07) is 6.13. The van der Waals surface area contributed by atoms with E-state index in [4.69, 9.17) is 19.9 Å². The Bertz CT molecular complexity index is 413. The molecule has 0 spiro atoms. The SMILES string of the molecule is CCCOc1cc(N(CCOC)C(C)COC)ccc1N. The average molecular weight is 296 g/mol. The number of ether oxygens (including phenoxy) is 3. The van der Waals surface area contributed by atoms with Gasteiger partial charge in [0.05, 0.1) is 25.5 Å². The Kier molecular flexibility index (Phi) is 7.93. The first-order chi connectivity index (χ1) is 10.1. The number of methoxy groups -OCH3 is 2. The third-order valence-electron chi connectivity index (χ3n) is 3.27. The second-order valence-electron chi connectivity index (χ2n) is 5.06. The van der Waals surface area contributed by atoms with Crippen molar-refractivity contribution < 1.29 is 14.2 Å². The van der Waals surface area contributed by atoms with Crippen LogP contribution in [0.4, 0.5) is 11.4 Å². The van der Waals surface area contributed by atoms with Gasteiger partial charge in [0.15, 0.2) is 0 Å². The van der Waals surface area contributed by atoms with Crippen LogP contribution in [0, 0.1) is 0 Å². The summed E-state index contributed by atoms with van der Waals surface area (Å²) in [4.78, 5) is 2.24. The molecular weight excluding hydrogens is 268 g/mol. The highest BCUT2D eigenvalue weighted by atomic mass is 16.5. The largest absolute Gasteiger partial charge is 0.491 e. The zero-order valence-electron chi connectivity index (χ0n) is 13.6. The predicted octanol–water partition coefficient (Wildman–Crippen LogP) is 2.55. The van der Waals surface area contributed by atoms with Crippen LogP contribution in [0.5, 0.6) is 5.75 Å². The molecule has 5 heteroatoms. The Balaban J connectivity index is 2.94. The van der Waals surface area contributed by atoms with E-state index in [9.17, 15) is 0 Å². The van der Waals surface area contributed by atoms with Gasteiger partial charge < -0.3 is 24.8 Å². The lowest BCUT2D eigenvalue weighted by molar-refractivity contribution is 0.171. The summed E-state index contributed by atoms with van der Waals surface area (Å²) in [5.74, 6) is 0.737. The van der Waals surface area contributed by atoms with E-state index in [-0.39, 0.29) is 6.04 Å². The number of rotatable bonds is 10. The van der Waals surface area contributed by atoms with Crippen molar-refractivity contribution in [2.45, 2.75) is 26.3 Å². The second kappa shape index (κ2) is 9.47. The molecule has 1 aromatic carbocycles. The van der Waals surface area contributed by atoms with Gasteiger partial charge in [0.25, 0.3) is 0 Å². The summed E-state index contributed by atoms with van der Waals surface area (Å²) in [5.41, 5.74) is 7.70. The van der Waals surface area contributed by atoms with Crippen molar-refractivity contribution >= 4 is 11.4 Å². The number of nitrogens with two attached hydrogens (primary N) is 1. The fourth-order valence-electron chi connectivity index (χ4n) is 2.16. The van der Waals surface area contributed by atoms with Gasteiger partial charge in [0, 0.05) is 38.6 Å². The Hall–Kier alpha value is -1.46. The molecule has 0 saturated heterocycles. The van der Waals surface area contributed by atoms with Crippen molar-refractivity contribution in [1.82, 2.24) is 0 Å². The highest BCUT2D eigenvalue weighted by molar-refractivity contribution is 5.62. The third kappa shape index (κ3) is 5.44. The van der Waals surface area contributed by atoms with Crippen LogP contribution in [0.2, 0.25) is 0 Å². The summed E-state index contributed by atoms with van der Waals surface area (Å²) in [7, 11) is 3.42. The molecule has 21 heavy (non-hydrogen) atoms. The van der Waals surface area contributed by atoms with Gasteiger partial charge in [-0.3, -0.25) is 0 Å². The maximum absolute atomic E-state index is 5.97. The van der Waals surface area contributed by atoms with Gasteiger partial charge in [0.2, 0.25) is 0 Å². The first kappa shape index (κ1) is 17.6. The van der Waals surface area contributed by atoms with Crippen LogP contribution in [0.3, 0.4) is 0 Å². The van der Waals surface area contributed by atoms with Crippen molar-refractivity contribution in [3.63, 3.8) is 0 Å². The maximum atomic E-state index is 5.97. The molecular formula is C16H28N2O3. The summed E-state index contributed by atoms with van der Waals surface area (Å²) in [6.07, 6.45) is 0.955. The molecule has 2 N–H and O–H groups in total. The topological polar surface area (TPSA) is 57.0 Å². The molecule has 0 saturated carbocycles. The van der Waals surface area contributed by atoms with Gasteiger partial charge in [-0.1, -0.05) is 6.92 Å². The molecule has 1 unspecified atom stereocenters. The number of hydrogen-bond acceptors (Lipinski definition) is 5. The molecule has 0 aliphatic heterocycles. The minimum Gasteiger partial charge on any atom is -0.491 e. The molecule has 0 radical (unpaired) electrons. The van der Waals surface area contributed by atoms with Crippen LogP contribution >= 0.6 is 0 Å². The van der Waals surface area contributed by atoms with Crippen LogP contribution in [-0.2, 0) is 9.47 Å². The normalized spacial score (nSPS) is 12.2. The zero-order valence-corrected chi connectivity index (χ0v) is 13.6. The van der Waals surface area contributed by atoms with Crippen molar-refractivity contribution in [3.05, 3.63) is 18.2 Å². The minimum absolute atomic E-state index is 0.243. The average Bonchev–Trinajstić information content (AvgIpc) is 2.48. The monoisotopic (exact) mass is 296 g/mol. The highest BCUT2D eigenvalue weighted by Crippen LogP contribution is 2.29. The van der Waals surface area contributed by atoms with E-state index < -0.39 is 0 Å². The Morgan fingerprint density at radius 3 is 2.57 bits per heavy atom. The van der Waals surface area contributed by atoms with Crippen LogP contribution in [-0.4, -0.2) is 46.6 Å². The number of anilines is 2. The molecule has 0 amide bonds. The Labute approximate surface area is 128 Å². The van der Waals surface area contributed by atoms with E-state index in [1.54, 1.807) is 14.2 Å². The predicted molar refractivity (Wildman–Crippen MR) is 87.2 cm³/mol. The van der Waals surface area contributed by atoms with Gasteiger partial charge in [-0.15, -0.1) is 0 Å². The number of hydrogen-bond donors (Lipinski definition) is 1. The van der Waals surface area contributed by atoms with Gasteiger partial charge in [-0.05, 0) is 25.5 Å². The summed E-state index contributed by atoms with van der Waals surface area (Å²) in [5, 5.41) is 0. The third-order valence-corrected chi connectivity index (χ3v) is 3.27. The van der Waals surface area contributed by atoms with Crippen molar-refractivity contribution in [1.29, 1.82) is 0 Å². The lowest BCUT2D eigenvalue weighted by Crippen LogP contribution is -2.38.